The van der Waals surface area contributed by atoms with E-state index in [4.69, 9.17) is 9.47 Å². The Hall–Kier alpha value is -0.0400. The molecule has 0 fully saturated rings. The molecule has 0 bridgehead atoms. The number of ether oxygens (including phenoxy) is 2. The first-order valence-electron chi connectivity index (χ1n) is 5.18. The lowest BCUT2D eigenvalue weighted by Crippen LogP contribution is -1.93. The van der Waals surface area contributed by atoms with Gasteiger partial charge in [-0.25, -0.2) is 0 Å². The number of hydrogen-bond donors (Lipinski definition) is 0. The molecule has 0 aliphatic rings. The third-order valence-corrected chi connectivity index (χ3v) is 4.69. The summed E-state index contributed by atoms with van der Waals surface area (Å²) in [6.07, 6.45) is 0. The van der Waals surface area contributed by atoms with E-state index in [0.717, 1.165) is 17.9 Å². The van der Waals surface area contributed by atoms with Crippen molar-refractivity contribution >= 4 is 63.7 Å². The molecule has 0 spiro atoms. The summed E-state index contributed by atoms with van der Waals surface area (Å²) >= 11 is 13.8. The fourth-order valence-corrected chi connectivity index (χ4v) is 3.46. The van der Waals surface area contributed by atoms with Crippen molar-refractivity contribution in [2.24, 2.45) is 0 Å². The van der Waals surface area contributed by atoms with Crippen molar-refractivity contribution in [3.8, 4) is 17.2 Å². The standard InChI is InChI=1S/C13H8Br4O2/c1-18-12-8(15)3-4-9(16)13(12)19-11-5-2-7(14)6-10(11)17/h2-6H,1H3. The maximum Gasteiger partial charge on any atom is 0.184 e. The van der Waals surface area contributed by atoms with Crippen LogP contribution >= 0.6 is 63.7 Å². The average Bonchev–Trinajstić information content (AvgIpc) is 2.37. The van der Waals surface area contributed by atoms with Gasteiger partial charge in [-0.3, -0.25) is 0 Å². The molecule has 0 aliphatic heterocycles. The van der Waals surface area contributed by atoms with Gasteiger partial charge >= 0.3 is 0 Å². The highest BCUT2D eigenvalue weighted by atomic mass is 79.9. The van der Waals surface area contributed by atoms with Crippen molar-refractivity contribution in [2.45, 2.75) is 0 Å². The Kier molecular flexibility index (Phi) is 5.34. The van der Waals surface area contributed by atoms with Crippen LogP contribution in [0.5, 0.6) is 17.2 Å². The zero-order chi connectivity index (χ0) is 14.0. The van der Waals surface area contributed by atoms with Crippen molar-refractivity contribution in [3.63, 3.8) is 0 Å². The zero-order valence-electron chi connectivity index (χ0n) is 9.72. The predicted octanol–water partition coefficient (Wildman–Crippen LogP) is 6.54. The van der Waals surface area contributed by atoms with Gasteiger partial charge in [-0.2, -0.15) is 0 Å². The third-order valence-electron chi connectivity index (χ3n) is 2.33. The first-order valence-corrected chi connectivity index (χ1v) is 8.35. The van der Waals surface area contributed by atoms with E-state index in [9.17, 15) is 0 Å². The molecule has 0 atom stereocenters. The predicted molar refractivity (Wildman–Crippen MR) is 90.3 cm³/mol. The number of rotatable bonds is 3. The van der Waals surface area contributed by atoms with Crippen LogP contribution in [0.25, 0.3) is 0 Å². The Labute approximate surface area is 145 Å². The first-order chi connectivity index (χ1) is 9.02. The van der Waals surface area contributed by atoms with Gasteiger partial charge in [0.25, 0.3) is 0 Å². The summed E-state index contributed by atoms with van der Waals surface area (Å²) in [5, 5.41) is 0. The molecule has 2 nitrogen and oxygen atoms in total. The van der Waals surface area contributed by atoms with Crippen LogP contribution in [0.3, 0.4) is 0 Å². The molecule has 2 aromatic carbocycles. The summed E-state index contributed by atoms with van der Waals surface area (Å²) in [6, 6.07) is 9.51. The topological polar surface area (TPSA) is 18.5 Å². The summed E-state index contributed by atoms with van der Waals surface area (Å²) in [5.41, 5.74) is 0. The lowest BCUT2D eigenvalue weighted by atomic mass is 10.3. The highest BCUT2D eigenvalue weighted by molar-refractivity contribution is 9.11. The van der Waals surface area contributed by atoms with Crippen LogP contribution in [0.4, 0.5) is 0 Å². The van der Waals surface area contributed by atoms with Gasteiger partial charge in [-0.1, -0.05) is 15.9 Å². The van der Waals surface area contributed by atoms with Gasteiger partial charge in [0.05, 0.1) is 20.5 Å². The molecule has 19 heavy (non-hydrogen) atoms. The molecule has 0 heterocycles. The van der Waals surface area contributed by atoms with E-state index in [1.165, 1.54) is 0 Å². The smallest absolute Gasteiger partial charge is 0.184 e. The largest absolute Gasteiger partial charge is 0.492 e. The Morgan fingerprint density at radius 3 is 2.00 bits per heavy atom. The second-order valence-corrected chi connectivity index (χ2v) is 7.05. The van der Waals surface area contributed by atoms with Gasteiger partial charge < -0.3 is 9.47 Å². The average molecular weight is 516 g/mol. The molecule has 0 amide bonds. The van der Waals surface area contributed by atoms with E-state index in [1.54, 1.807) is 7.11 Å². The minimum absolute atomic E-state index is 0.625. The number of methoxy groups -OCH3 is 1. The van der Waals surface area contributed by atoms with Crippen LogP contribution in [0.1, 0.15) is 0 Å². The first kappa shape index (κ1) is 15.4. The Bertz CT molecular complexity index is 614. The van der Waals surface area contributed by atoms with E-state index < -0.39 is 0 Å². The summed E-state index contributed by atoms with van der Waals surface area (Å²) in [5.74, 6) is 1.98. The number of hydrogen-bond acceptors (Lipinski definition) is 2. The Morgan fingerprint density at radius 1 is 0.789 bits per heavy atom. The second kappa shape index (κ2) is 6.61. The van der Waals surface area contributed by atoms with Crippen LogP contribution in [-0.2, 0) is 0 Å². The van der Waals surface area contributed by atoms with Gasteiger partial charge in [-0.05, 0) is 78.1 Å². The van der Waals surface area contributed by atoms with Crippen LogP contribution in [-0.4, -0.2) is 7.11 Å². The van der Waals surface area contributed by atoms with E-state index in [2.05, 4.69) is 63.7 Å². The molecule has 6 heteroatoms. The highest BCUT2D eigenvalue weighted by Crippen LogP contribution is 2.44. The summed E-state index contributed by atoms with van der Waals surface area (Å²) in [7, 11) is 1.61. The minimum atomic E-state index is 0.625. The normalized spacial score (nSPS) is 10.4. The van der Waals surface area contributed by atoms with Gasteiger partial charge in [0.15, 0.2) is 11.5 Å². The van der Waals surface area contributed by atoms with Crippen LogP contribution in [0, 0.1) is 0 Å². The van der Waals surface area contributed by atoms with E-state index in [1.807, 2.05) is 30.3 Å². The van der Waals surface area contributed by atoms with Gasteiger partial charge in [-0.15, -0.1) is 0 Å². The number of benzene rings is 2. The molecular formula is C13H8Br4O2. The zero-order valence-corrected chi connectivity index (χ0v) is 16.1. The fourth-order valence-electron chi connectivity index (χ4n) is 1.47. The second-order valence-electron chi connectivity index (χ2n) is 3.57. The lowest BCUT2D eigenvalue weighted by molar-refractivity contribution is 0.374. The van der Waals surface area contributed by atoms with Crippen molar-refractivity contribution in [2.75, 3.05) is 7.11 Å². The molecule has 0 radical (unpaired) electrons. The molecule has 100 valence electrons. The fraction of sp³-hybridized carbons (Fsp3) is 0.0769. The maximum atomic E-state index is 5.93. The van der Waals surface area contributed by atoms with Crippen LogP contribution in [0.15, 0.2) is 48.2 Å². The molecule has 2 aromatic rings. The Morgan fingerprint density at radius 2 is 1.42 bits per heavy atom. The van der Waals surface area contributed by atoms with Crippen molar-refractivity contribution in [3.05, 3.63) is 48.2 Å². The number of halogens is 4. The van der Waals surface area contributed by atoms with Crippen molar-refractivity contribution in [1.29, 1.82) is 0 Å². The maximum absolute atomic E-state index is 5.93. The molecule has 0 N–H and O–H groups in total. The third kappa shape index (κ3) is 3.54. The van der Waals surface area contributed by atoms with E-state index in [-0.39, 0.29) is 0 Å². The highest BCUT2D eigenvalue weighted by Gasteiger charge is 2.15. The van der Waals surface area contributed by atoms with Gasteiger partial charge in [0, 0.05) is 4.47 Å². The molecule has 0 aromatic heterocycles. The lowest BCUT2D eigenvalue weighted by Gasteiger charge is -2.14. The van der Waals surface area contributed by atoms with E-state index >= 15 is 0 Å². The summed E-state index contributed by atoms with van der Waals surface area (Å²) in [4.78, 5) is 0. The minimum Gasteiger partial charge on any atom is -0.492 e. The Balaban J connectivity index is 2.46. The SMILES string of the molecule is COc1c(Br)ccc(Br)c1Oc1ccc(Br)cc1Br. The van der Waals surface area contributed by atoms with Gasteiger partial charge in [0.1, 0.15) is 5.75 Å². The summed E-state index contributed by atoms with van der Waals surface area (Å²) < 4.78 is 14.8. The van der Waals surface area contributed by atoms with Crippen LogP contribution in [0.2, 0.25) is 0 Å². The molecule has 0 saturated heterocycles. The molecular weight excluding hydrogens is 508 g/mol. The monoisotopic (exact) mass is 512 g/mol. The molecule has 0 saturated carbocycles. The molecule has 0 aliphatic carbocycles. The van der Waals surface area contributed by atoms with Gasteiger partial charge in [0.2, 0.25) is 0 Å². The molecule has 2 rings (SSSR count). The summed E-state index contributed by atoms with van der Waals surface area (Å²) in [6.45, 7) is 0. The van der Waals surface area contributed by atoms with E-state index in [0.29, 0.717) is 17.2 Å². The molecule has 0 unspecified atom stereocenters. The van der Waals surface area contributed by atoms with Crippen molar-refractivity contribution in [1.82, 2.24) is 0 Å². The van der Waals surface area contributed by atoms with Crippen LogP contribution < -0.4 is 9.47 Å². The van der Waals surface area contributed by atoms with Crippen molar-refractivity contribution < 1.29 is 9.47 Å². The quantitative estimate of drug-likeness (QED) is 0.462.